The molecule has 4 rings (SSSR count). The van der Waals surface area contributed by atoms with Gasteiger partial charge in [0, 0.05) is 24.2 Å². The summed E-state index contributed by atoms with van der Waals surface area (Å²) in [7, 11) is 0. The van der Waals surface area contributed by atoms with Crippen LogP contribution in [0.2, 0.25) is 0 Å². The number of anilines is 1. The van der Waals surface area contributed by atoms with Crippen LogP contribution in [0.4, 0.5) is 14.6 Å². The van der Waals surface area contributed by atoms with Crippen LogP contribution >= 0.6 is 12.0 Å². The summed E-state index contributed by atoms with van der Waals surface area (Å²) in [5.74, 6) is -1.33. The summed E-state index contributed by atoms with van der Waals surface area (Å²) >= 11 is 1.16. The zero-order valence-electron chi connectivity index (χ0n) is 16.9. The molecule has 0 amide bonds. The Morgan fingerprint density at radius 3 is 2.79 bits per heavy atom. The summed E-state index contributed by atoms with van der Waals surface area (Å²) in [4.78, 5) is 4.07. The molecular formula is C21H28F2N2O3S. The van der Waals surface area contributed by atoms with E-state index < -0.39 is 17.8 Å². The van der Waals surface area contributed by atoms with E-state index >= 15 is 0 Å². The molecule has 0 bridgehead atoms. The first-order valence-corrected chi connectivity index (χ1v) is 10.9. The zero-order chi connectivity index (χ0) is 21.2. The van der Waals surface area contributed by atoms with Gasteiger partial charge in [-0.1, -0.05) is 12.1 Å². The number of nitrogens with two attached hydrogens (primary N) is 1. The smallest absolute Gasteiger partial charge is 0.172 e. The number of pyridine rings is 1. The first-order valence-electron chi connectivity index (χ1n) is 9.72. The molecule has 2 aromatic rings. The van der Waals surface area contributed by atoms with E-state index in [-0.39, 0.29) is 17.8 Å². The van der Waals surface area contributed by atoms with Gasteiger partial charge >= 0.3 is 0 Å². The predicted molar refractivity (Wildman–Crippen MR) is 112 cm³/mol. The Labute approximate surface area is 174 Å². The van der Waals surface area contributed by atoms with E-state index in [0.717, 1.165) is 30.6 Å². The van der Waals surface area contributed by atoms with Crippen molar-refractivity contribution in [2.45, 2.75) is 51.2 Å². The van der Waals surface area contributed by atoms with Gasteiger partial charge in [-0.05, 0) is 68.8 Å². The highest BCUT2D eigenvalue weighted by Gasteiger charge is 2.46. The SMILES string of the molecule is CSOC(C)(C)O.Nc1nc2cc(CC3C(F)CC4CCOC43)ccc2cc1F. The third-order valence-electron chi connectivity index (χ3n) is 5.30. The molecule has 1 aliphatic heterocycles. The van der Waals surface area contributed by atoms with Gasteiger partial charge in [-0.2, -0.15) is 0 Å². The maximum Gasteiger partial charge on any atom is 0.172 e. The number of fused-ring (bicyclic) bond motifs is 2. The molecule has 2 aliphatic rings. The first kappa shape index (κ1) is 22.2. The van der Waals surface area contributed by atoms with Crippen molar-refractivity contribution in [1.29, 1.82) is 0 Å². The van der Waals surface area contributed by atoms with Crippen molar-refractivity contribution in [2.24, 2.45) is 11.8 Å². The highest BCUT2D eigenvalue weighted by atomic mass is 32.2. The standard InChI is InChI=1S/C17H18F2N2O.C4H10O2S/c18-13-8-11-3-4-22-16(11)12(13)5-9-1-2-10-7-14(19)17(20)21-15(10)6-9;1-4(2,5)6-7-3/h1-2,6-7,11-13,16H,3-5,8H2,(H2,20,21);5H,1-3H3. The first-order chi connectivity index (χ1) is 13.7. The van der Waals surface area contributed by atoms with Gasteiger partial charge in [0.05, 0.1) is 11.6 Å². The quantitative estimate of drug-likeness (QED) is 0.562. The summed E-state index contributed by atoms with van der Waals surface area (Å²) in [6, 6.07) is 6.98. The van der Waals surface area contributed by atoms with Crippen LogP contribution < -0.4 is 5.73 Å². The molecule has 160 valence electrons. The number of hydrogen-bond donors (Lipinski definition) is 2. The Kier molecular flexibility index (Phi) is 6.98. The Hall–Kier alpha value is -1.48. The van der Waals surface area contributed by atoms with Crippen LogP contribution in [-0.4, -0.2) is 41.0 Å². The monoisotopic (exact) mass is 426 g/mol. The minimum atomic E-state index is -0.987. The van der Waals surface area contributed by atoms with Gasteiger partial charge in [0.25, 0.3) is 0 Å². The van der Waals surface area contributed by atoms with Crippen LogP contribution in [0, 0.1) is 17.7 Å². The summed E-state index contributed by atoms with van der Waals surface area (Å²) in [6.07, 6.45) is 3.19. The topological polar surface area (TPSA) is 77.6 Å². The molecule has 2 heterocycles. The molecule has 0 spiro atoms. The number of alkyl halides is 1. The molecule has 3 N–H and O–H groups in total. The third-order valence-corrected chi connectivity index (χ3v) is 5.87. The van der Waals surface area contributed by atoms with Gasteiger partial charge in [0.1, 0.15) is 6.17 Å². The maximum atomic E-state index is 14.3. The minimum Gasteiger partial charge on any atom is -0.381 e. The van der Waals surface area contributed by atoms with Gasteiger partial charge in [-0.15, -0.1) is 0 Å². The molecule has 1 aromatic carbocycles. The molecule has 0 radical (unpaired) electrons. The van der Waals surface area contributed by atoms with Gasteiger partial charge in [0.15, 0.2) is 17.4 Å². The number of hydrogen-bond acceptors (Lipinski definition) is 6. The molecular weight excluding hydrogens is 398 g/mol. The zero-order valence-corrected chi connectivity index (χ0v) is 17.7. The molecule has 1 aromatic heterocycles. The molecule has 8 heteroatoms. The number of nitrogen functional groups attached to an aromatic ring is 1. The van der Waals surface area contributed by atoms with E-state index in [0.29, 0.717) is 29.7 Å². The molecule has 29 heavy (non-hydrogen) atoms. The molecule has 1 aliphatic carbocycles. The fourth-order valence-electron chi connectivity index (χ4n) is 4.10. The van der Waals surface area contributed by atoms with Crippen LogP contribution in [0.15, 0.2) is 24.3 Å². The van der Waals surface area contributed by atoms with E-state index in [1.54, 1.807) is 20.1 Å². The van der Waals surface area contributed by atoms with Crippen LogP contribution in [-0.2, 0) is 15.3 Å². The lowest BCUT2D eigenvalue weighted by atomic mass is 9.93. The van der Waals surface area contributed by atoms with Crippen molar-refractivity contribution in [3.63, 3.8) is 0 Å². The lowest BCUT2D eigenvalue weighted by molar-refractivity contribution is -0.0906. The third kappa shape index (κ3) is 5.57. The molecule has 1 saturated heterocycles. The number of ether oxygens (including phenoxy) is 1. The Morgan fingerprint density at radius 2 is 2.14 bits per heavy atom. The van der Waals surface area contributed by atoms with Crippen molar-refractivity contribution in [1.82, 2.24) is 4.98 Å². The lowest BCUT2D eigenvalue weighted by Crippen LogP contribution is -2.24. The van der Waals surface area contributed by atoms with Crippen LogP contribution in [0.25, 0.3) is 10.9 Å². The number of nitrogens with zero attached hydrogens (tertiary/aromatic N) is 1. The van der Waals surface area contributed by atoms with Crippen LogP contribution in [0.5, 0.6) is 0 Å². The van der Waals surface area contributed by atoms with Crippen molar-refractivity contribution >= 4 is 28.8 Å². The predicted octanol–water partition coefficient (Wildman–Crippen LogP) is 4.27. The van der Waals surface area contributed by atoms with E-state index in [9.17, 15) is 8.78 Å². The molecule has 4 atom stereocenters. The van der Waals surface area contributed by atoms with Crippen molar-refractivity contribution in [2.75, 3.05) is 18.6 Å². The highest BCUT2D eigenvalue weighted by Crippen LogP contribution is 2.43. The molecule has 2 fully saturated rings. The fraction of sp³-hybridized carbons (Fsp3) is 0.571. The Morgan fingerprint density at radius 1 is 1.38 bits per heavy atom. The number of aromatic nitrogens is 1. The van der Waals surface area contributed by atoms with Crippen molar-refractivity contribution in [3.8, 4) is 0 Å². The lowest BCUT2D eigenvalue weighted by Gasteiger charge is -2.20. The van der Waals surface area contributed by atoms with Gasteiger partial charge < -0.3 is 15.6 Å². The number of rotatable bonds is 4. The van der Waals surface area contributed by atoms with E-state index in [2.05, 4.69) is 4.98 Å². The summed E-state index contributed by atoms with van der Waals surface area (Å²) < 4.78 is 38.1. The molecule has 4 unspecified atom stereocenters. The summed E-state index contributed by atoms with van der Waals surface area (Å²) in [6.45, 7) is 3.92. The largest absolute Gasteiger partial charge is 0.381 e. The van der Waals surface area contributed by atoms with Gasteiger partial charge in [-0.25, -0.2) is 13.8 Å². The molecule has 1 saturated carbocycles. The normalized spacial score (nSPS) is 26.3. The summed E-state index contributed by atoms with van der Waals surface area (Å²) in [5, 5.41) is 9.48. The van der Waals surface area contributed by atoms with E-state index in [4.69, 9.17) is 19.8 Å². The van der Waals surface area contributed by atoms with Crippen molar-refractivity contribution in [3.05, 3.63) is 35.6 Å². The molecule has 5 nitrogen and oxygen atoms in total. The average Bonchev–Trinajstić information content (AvgIpc) is 3.18. The number of aliphatic hydroxyl groups is 1. The maximum absolute atomic E-state index is 14.3. The second-order valence-corrected chi connectivity index (χ2v) is 8.58. The average molecular weight is 427 g/mol. The van der Waals surface area contributed by atoms with Crippen LogP contribution in [0.3, 0.4) is 0 Å². The highest BCUT2D eigenvalue weighted by molar-refractivity contribution is 7.93. The Balaban J connectivity index is 0.000000298. The van der Waals surface area contributed by atoms with E-state index in [1.807, 2.05) is 18.2 Å². The number of benzene rings is 1. The van der Waals surface area contributed by atoms with Gasteiger partial charge in [0.2, 0.25) is 0 Å². The Bertz CT molecular complexity index is 847. The fourth-order valence-corrected chi connectivity index (χ4v) is 4.51. The van der Waals surface area contributed by atoms with E-state index in [1.165, 1.54) is 6.07 Å². The second-order valence-electron chi connectivity index (χ2n) is 8.08. The second kappa shape index (κ2) is 9.12. The van der Waals surface area contributed by atoms with Crippen molar-refractivity contribution < 1.29 is 22.8 Å². The number of halogens is 2. The minimum absolute atomic E-state index is 0.0388. The summed E-state index contributed by atoms with van der Waals surface area (Å²) in [5.41, 5.74) is 7.17. The van der Waals surface area contributed by atoms with Gasteiger partial charge in [-0.3, -0.25) is 4.18 Å². The van der Waals surface area contributed by atoms with Crippen LogP contribution in [0.1, 0.15) is 32.3 Å².